The summed E-state index contributed by atoms with van der Waals surface area (Å²) in [5, 5.41) is 9.68. The van der Waals surface area contributed by atoms with E-state index in [0.717, 1.165) is 35.2 Å². The Hall–Kier alpha value is -2.42. The maximum atomic E-state index is 13.4. The van der Waals surface area contributed by atoms with Crippen LogP contribution in [0.2, 0.25) is 5.02 Å². The number of aromatic nitrogens is 1. The Morgan fingerprint density at radius 2 is 1.72 bits per heavy atom. The highest BCUT2D eigenvalue weighted by molar-refractivity contribution is 8.00. The molecule has 0 radical (unpaired) electrons. The highest BCUT2D eigenvalue weighted by Crippen LogP contribution is 2.50. The van der Waals surface area contributed by atoms with Crippen molar-refractivity contribution in [2.75, 3.05) is 0 Å². The highest BCUT2D eigenvalue weighted by Gasteiger charge is 2.47. The van der Waals surface area contributed by atoms with Gasteiger partial charge in [-0.1, -0.05) is 46.8 Å². The maximum Gasteiger partial charge on any atom is 0.317 e. The number of hydrogen-bond acceptors (Lipinski definition) is 5. The number of H-pyrrole nitrogens is 1. The van der Waals surface area contributed by atoms with Crippen LogP contribution in [0.15, 0.2) is 58.4 Å². The first kappa shape index (κ1) is 19.9. The van der Waals surface area contributed by atoms with E-state index in [0.29, 0.717) is 20.5 Å². The number of benzene rings is 2. The van der Waals surface area contributed by atoms with Crippen molar-refractivity contribution in [3.63, 3.8) is 0 Å². The zero-order valence-corrected chi connectivity index (χ0v) is 17.0. The summed E-state index contributed by atoms with van der Waals surface area (Å²) in [5.74, 6) is -3.70. The predicted molar refractivity (Wildman–Crippen MR) is 110 cm³/mol. The van der Waals surface area contributed by atoms with E-state index in [1.807, 2.05) is 0 Å². The fourth-order valence-electron chi connectivity index (χ4n) is 3.48. The lowest BCUT2D eigenvalue weighted by Gasteiger charge is -2.34. The summed E-state index contributed by atoms with van der Waals surface area (Å²) < 4.78 is 13.3. The van der Waals surface area contributed by atoms with Gasteiger partial charge in [-0.15, -0.1) is 0 Å². The van der Waals surface area contributed by atoms with E-state index in [1.165, 1.54) is 12.1 Å². The summed E-state index contributed by atoms with van der Waals surface area (Å²) >= 11 is 7.91. The van der Waals surface area contributed by atoms with Crippen LogP contribution in [0.3, 0.4) is 0 Å². The number of rotatable bonds is 4. The fraction of sp³-hybridized carbons (Fsp3) is 0.150. The standard InChI is InChI=1S/C20H13ClFNO4S2/c21-11-5-1-9(2-6-11)13-14(15(24)10-3-7-12(22)8-4-10)17(19(25)26)28-18-16(13)29-20(27)23-18/h1-8,13-14,17H,(H,23,27)(H,25,26)/t13-,14-,17-/m0/s1. The number of Topliss-reactive ketones (excluding diaryl/α,β-unsaturated/α-hetero) is 1. The molecule has 0 saturated heterocycles. The van der Waals surface area contributed by atoms with Gasteiger partial charge in [-0.05, 0) is 42.0 Å². The Morgan fingerprint density at radius 3 is 2.34 bits per heavy atom. The summed E-state index contributed by atoms with van der Waals surface area (Å²) in [6.45, 7) is 0. The van der Waals surface area contributed by atoms with E-state index in [-0.39, 0.29) is 10.4 Å². The van der Waals surface area contributed by atoms with Crippen molar-refractivity contribution >= 4 is 46.5 Å². The number of halogens is 2. The first-order valence-electron chi connectivity index (χ1n) is 8.53. The van der Waals surface area contributed by atoms with Crippen LogP contribution in [0, 0.1) is 11.7 Å². The van der Waals surface area contributed by atoms with Gasteiger partial charge in [0, 0.05) is 21.4 Å². The third kappa shape index (κ3) is 3.75. The second-order valence-corrected chi connectivity index (χ2v) is 9.11. The van der Waals surface area contributed by atoms with Gasteiger partial charge in [0.1, 0.15) is 11.1 Å². The lowest BCUT2D eigenvalue weighted by Crippen LogP contribution is -2.39. The Bertz CT molecular complexity index is 1140. The second kappa shape index (κ2) is 7.78. The van der Waals surface area contributed by atoms with Gasteiger partial charge in [0.15, 0.2) is 5.78 Å². The van der Waals surface area contributed by atoms with Gasteiger partial charge < -0.3 is 10.1 Å². The SMILES string of the molecule is O=C(c1ccc(F)cc1)[C@@H]1[C@H](c2ccc(Cl)cc2)c2sc(=O)[nH]c2S[C@@H]1C(=O)O. The minimum absolute atomic E-state index is 0.216. The molecule has 2 N–H and O–H groups in total. The molecule has 0 aliphatic carbocycles. The molecule has 148 valence electrons. The van der Waals surface area contributed by atoms with Crippen molar-refractivity contribution in [3.8, 4) is 0 Å². The molecule has 0 bridgehead atoms. The van der Waals surface area contributed by atoms with Crippen LogP contribution < -0.4 is 4.87 Å². The summed E-state index contributed by atoms with van der Waals surface area (Å²) in [6, 6.07) is 11.8. The van der Waals surface area contributed by atoms with Crippen molar-refractivity contribution in [3.05, 3.63) is 85.0 Å². The zero-order valence-electron chi connectivity index (χ0n) is 14.6. The predicted octanol–water partition coefficient (Wildman–Crippen LogP) is 4.42. The molecule has 0 amide bonds. The number of aromatic amines is 1. The van der Waals surface area contributed by atoms with Crippen LogP contribution >= 0.6 is 34.7 Å². The number of thioether (sulfide) groups is 1. The summed E-state index contributed by atoms with van der Waals surface area (Å²) in [5.41, 5.74) is 0.895. The molecule has 5 nitrogen and oxygen atoms in total. The molecule has 2 heterocycles. The number of aliphatic carboxylic acids is 1. The molecule has 29 heavy (non-hydrogen) atoms. The van der Waals surface area contributed by atoms with Gasteiger partial charge in [0.05, 0.1) is 10.9 Å². The van der Waals surface area contributed by atoms with E-state index in [9.17, 15) is 23.9 Å². The van der Waals surface area contributed by atoms with Crippen molar-refractivity contribution in [1.82, 2.24) is 4.98 Å². The molecule has 1 aliphatic rings. The Balaban J connectivity index is 1.90. The smallest absolute Gasteiger partial charge is 0.317 e. The second-order valence-electron chi connectivity index (χ2n) is 6.51. The molecule has 2 aromatic carbocycles. The van der Waals surface area contributed by atoms with Crippen molar-refractivity contribution in [2.45, 2.75) is 16.2 Å². The Morgan fingerprint density at radius 1 is 1.07 bits per heavy atom. The van der Waals surface area contributed by atoms with Crippen molar-refractivity contribution in [2.24, 2.45) is 5.92 Å². The monoisotopic (exact) mass is 449 g/mol. The van der Waals surface area contributed by atoms with Gasteiger partial charge in [-0.25, -0.2) is 4.39 Å². The van der Waals surface area contributed by atoms with Crippen LogP contribution in [0.25, 0.3) is 0 Å². The quantitative estimate of drug-likeness (QED) is 0.576. The number of carbonyl (C=O) groups excluding carboxylic acids is 1. The van der Waals surface area contributed by atoms with Gasteiger partial charge in [-0.3, -0.25) is 14.4 Å². The molecule has 4 rings (SSSR count). The first-order valence-corrected chi connectivity index (χ1v) is 10.6. The molecular weight excluding hydrogens is 437 g/mol. The van der Waals surface area contributed by atoms with E-state index in [1.54, 1.807) is 24.3 Å². The summed E-state index contributed by atoms with van der Waals surface area (Å²) in [7, 11) is 0. The lowest BCUT2D eigenvalue weighted by atomic mass is 9.78. The Kier molecular flexibility index (Phi) is 5.33. The molecule has 0 fully saturated rings. The third-order valence-corrected chi connectivity index (χ3v) is 7.41. The number of ketones is 1. The molecule has 0 saturated carbocycles. The number of nitrogens with one attached hydrogen (secondary N) is 1. The minimum Gasteiger partial charge on any atom is -0.480 e. The van der Waals surface area contributed by atoms with Gasteiger partial charge in [0.25, 0.3) is 0 Å². The molecule has 1 aliphatic heterocycles. The summed E-state index contributed by atoms with van der Waals surface area (Å²) in [4.78, 5) is 40.4. The van der Waals surface area contributed by atoms with Crippen LogP contribution in [-0.2, 0) is 4.79 Å². The minimum atomic E-state index is -1.16. The number of carboxylic acids is 1. The van der Waals surface area contributed by atoms with Gasteiger partial charge in [-0.2, -0.15) is 0 Å². The van der Waals surface area contributed by atoms with Crippen LogP contribution in [0.1, 0.15) is 26.7 Å². The molecule has 3 atom stereocenters. The van der Waals surface area contributed by atoms with Gasteiger partial charge in [0.2, 0.25) is 0 Å². The number of fused-ring (bicyclic) bond motifs is 1. The molecule has 0 spiro atoms. The highest BCUT2D eigenvalue weighted by atomic mass is 35.5. The topological polar surface area (TPSA) is 87.2 Å². The number of thiazole rings is 1. The van der Waals surface area contributed by atoms with Crippen LogP contribution in [0.5, 0.6) is 0 Å². The first-order chi connectivity index (χ1) is 13.8. The third-order valence-electron chi connectivity index (χ3n) is 4.76. The summed E-state index contributed by atoms with van der Waals surface area (Å²) in [6.07, 6.45) is 0. The van der Waals surface area contributed by atoms with Crippen LogP contribution in [-0.4, -0.2) is 27.1 Å². The normalized spacial score (nSPS) is 20.8. The lowest BCUT2D eigenvalue weighted by molar-refractivity contribution is -0.137. The molecule has 0 unspecified atom stereocenters. The number of carbonyl (C=O) groups is 2. The maximum absolute atomic E-state index is 13.4. The Labute approximate surface area is 177 Å². The van der Waals surface area contributed by atoms with E-state index in [4.69, 9.17) is 11.6 Å². The van der Waals surface area contributed by atoms with E-state index >= 15 is 0 Å². The molecule has 3 aromatic rings. The van der Waals surface area contributed by atoms with E-state index in [2.05, 4.69) is 4.98 Å². The van der Waals surface area contributed by atoms with Crippen molar-refractivity contribution < 1.29 is 19.1 Å². The van der Waals surface area contributed by atoms with Crippen molar-refractivity contribution in [1.29, 1.82) is 0 Å². The molecule has 1 aromatic heterocycles. The largest absolute Gasteiger partial charge is 0.480 e. The average molecular weight is 450 g/mol. The zero-order chi connectivity index (χ0) is 20.7. The van der Waals surface area contributed by atoms with Gasteiger partial charge >= 0.3 is 10.8 Å². The van der Waals surface area contributed by atoms with E-state index < -0.39 is 34.7 Å². The fourth-order valence-corrected chi connectivity index (χ4v) is 6.03. The molecular formula is C20H13ClFNO4S2. The average Bonchev–Trinajstić information content (AvgIpc) is 3.07. The molecule has 9 heteroatoms. The van der Waals surface area contributed by atoms with Crippen LogP contribution in [0.4, 0.5) is 4.39 Å². The number of hydrogen-bond donors (Lipinski definition) is 2. The number of carboxylic acid groups (broad SMARTS) is 1.